The van der Waals surface area contributed by atoms with Crippen molar-refractivity contribution in [3.8, 4) is 0 Å². The van der Waals surface area contributed by atoms with Crippen LogP contribution in [0, 0.1) is 10.1 Å². The molecule has 0 fully saturated rings. The van der Waals surface area contributed by atoms with Gasteiger partial charge in [-0.2, -0.15) is 0 Å². The number of hydrogen-bond acceptors (Lipinski definition) is 4. The van der Waals surface area contributed by atoms with Gasteiger partial charge in [-0.15, -0.1) is 6.58 Å². The highest BCUT2D eigenvalue weighted by atomic mass is 16.6. The van der Waals surface area contributed by atoms with Gasteiger partial charge in [-0.25, -0.2) is 0 Å². The highest BCUT2D eigenvalue weighted by molar-refractivity contribution is 5.83. The molecule has 1 unspecified atom stereocenters. The highest BCUT2D eigenvalue weighted by Crippen LogP contribution is 2.31. The summed E-state index contributed by atoms with van der Waals surface area (Å²) in [6, 6.07) is 5.88. The van der Waals surface area contributed by atoms with Gasteiger partial charge in [0, 0.05) is 12.1 Å². The lowest BCUT2D eigenvalue weighted by atomic mass is 9.79. The Labute approximate surface area is 117 Å². The zero-order valence-corrected chi connectivity index (χ0v) is 11.4. The van der Waals surface area contributed by atoms with Gasteiger partial charge in [0.1, 0.15) is 6.61 Å². The summed E-state index contributed by atoms with van der Waals surface area (Å²) in [6.07, 6.45) is 3.49. The Hall–Kier alpha value is -2.43. The SMILES string of the molecule is C=CCOC(=O)C(C)(CC=C)c1ccc([N+](=O)[O-])cc1. The maximum Gasteiger partial charge on any atom is 0.316 e. The quantitative estimate of drug-likeness (QED) is 0.332. The summed E-state index contributed by atoms with van der Waals surface area (Å²) in [5.41, 5.74) is -0.286. The predicted octanol–water partition coefficient (Wildman–Crippen LogP) is 3.16. The molecule has 0 amide bonds. The molecule has 1 aromatic carbocycles. The first kappa shape index (κ1) is 15.6. The number of nitro benzene ring substituents is 1. The van der Waals surface area contributed by atoms with Gasteiger partial charge in [0.2, 0.25) is 0 Å². The van der Waals surface area contributed by atoms with Crippen molar-refractivity contribution < 1.29 is 14.5 Å². The fourth-order valence-corrected chi connectivity index (χ4v) is 1.85. The highest BCUT2D eigenvalue weighted by Gasteiger charge is 2.35. The van der Waals surface area contributed by atoms with Crippen LogP contribution in [-0.4, -0.2) is 17.5 Å². The first-order chi connectivity index (χ1) is 9.45. The lowest BCUT2D eigenvalue weighted by molar-refractivity contribution is -0.384. The fraction of sp³-hybridized carbons (Fsp3) is 0.267. The number of nitro groups is 1. The van der Waals surface area contributed by atoms with Gasteiger partial charge in [0.05, 0.1) is 10.3 Å². The fourth-order valence-electron chi connectivity index (χ4n) is 1.85. The number of non-ortho nitro benzene ring substituents is 1. The molecular weight excluding hydrogens is 258 g/mol. The van der Waals surface area contributed by atoms with Gasteiger partial charge < -0.3 is 4.74 Å². The summed E-state index contributed by atoms with van der Waals surface area (Å²) >= 11 is 0. The molecule has 1 rings (SSSR count). The van der Waals surface area contributed by atoms with Crippen molar-refractivity contribution in [2.24, 2.45) is 0 Å². The minimum atomic E-state index is -0.917. The second kappa shape index (κ2) is 6.65. The van der Waals surface area contributed by atoms with E-state index in [1.165, 1.54) is 18.2 Å². The monoisotopic (exact) mass is 275 g/mol. The number of hydrogen-bond donors (Lipinski definition) is 0. The Bertz CT molecular complexity index is 521. The second-order valence-corrected chi connectivity index (χ2v) is 4.52. The van der Waals surface area contributed by atoms with Crippen LogP contribution in [-0.2, 0) is 14.9 Å². The molecule has 0 saturated heterocycles. The Balaban J connectivity index is 3.10. The van der Waals surface area contributed by atoms with E-state index >= 15 is 0 Å². The summed E-state index contributed by atoms with van der Waals surface area (Å²) in [4.78, 5) is 22.3. The zero-order valence-electron chi connectivity index (χ0n) is 11.4. The number of nitrogens with zero attached hydrogens (tertiary/aromatic N) is 1. The Morgan fingerprint density at radius 3 is 2.40 bits per heavy atom. The molecule has 0 aromatic heterocycles. The number of carbonyl (C=O) groups is 1. The van der Waals surface area contributed by atoms with E-state index in [-0.39, 0.29) is 12.3 Å². The van der Waals surface area contributed by atoms with Crippen molar-refractivity contribution >= 4 is 11.7 Å². The second-order valence-electron chi connectivity index (χ2n) is 4.52. The molecule has 1 aromatic rings. The summed E-state index contributed by atoms with van der Waals surface area (Å²) in [6.45, 7) is 8.98. The summed E-state index contributed by atoms with van der Waals surface area (Å²) < 4.78 is 5.10. The Kier molecular flexibility index (Phi) is 5.20. The lowest BCUT2D eigenvalue weighted by Gasteiger charge is -2.26. The first-order valence-corrected chi connectivity index (χ1v) is 6.09. The van der Waals surface area contributed by atoms with E-state index in [0.29, 0.717) is 12.0 Å². The third-order valence-electron chi connectivity index (χ3n) is 3.05. The van der Waals surface area contributed by atoms with E-state index in [9.17, 15) is 14.9 Å². The van der Waals surface area contributed by atoms with Crippen LogP contribution in [0.1, 0.15) is 18.9 Å². The molecule has 0 aliphatic heterocycles. The van der Waals surface area contributed by atoms with Crippen LogP contribution in [0.4, 0.5) is 5.69 Å². The molecule has 20 heavy (non-hydrogen) atoms. The van der Waals surface area contributed by atoms with Gasteiger partial charge in [0.25, 0.3) is 5.69 Å². The van der Waals surface area contributed by atoms with Crippen molar-refractivity contribution in [3.63, 3.8) is 0 Å². The van der Waals surface area contributed by atoms with Gasteiger partial charge in [-0.1, -0.05) is 30.9 Å². The van der Waals surface area contributed by atoms with E-state index in [4.69, 9.17) is 4.74 Å². The maximum atomic E-state index is 12.2. The van der Waals surface area contributed by atoms with E-state index in [2.05, 4.69) is 13.2 Å². The van der Waals surface area contributed by atoms with Crippen LogP contribution in [0.15, 0.2) is 49.6 Å². The number of allylic oxidation sites excluding steroid dienone is 1. The molecule has 1 atom stereocenters. The number of carbonyl (C=O) groups excluding carboxylic acids is 1. The topological polar surface area (TPSA) is 69.4 Å². The predicted molar refractivity (Wildman–Crippen MR) is 76.4 cm³/mol. The number of esters is 1. The van der Waals surface area contributed by atoms with E-state index in [1.807, 2.05) is 0 Å². The number of ether oxygens (including phenoxy) is 1. The minimum Gasteiger partial charge on any atom is -0.461 e. The molecule has 0 radical (unpaired) electrons. The molecular formula is C15H17NO4. The largest absolute Gasteiger partial charge is 0.461 e. The van der Waals surface area contributed by atoms with Gasteiger partial charge >= 0.3 is 5.97 Å². The van der Waals surface area contributed by atoms with Crippen molar-refractivity contribution in [1.82, 2.24) is 0 Å². The molecule has 0 N–H and O–H groups in total. The van der Waals surface area contributed by atoms with Crippen LogP contribution in [0.25, 0.3) is 0 Å². The summed E-state index contributed by atoms with van der Waals surface area (Å²) in [5, 5.41) is 10.6. The van der Waals surface area contributed by atoms with Crippen LogP contribution in [0.2, 0.25) is 0 Å². The smallest absolute Gasteiger partial charge is 0.316 e. The number of benzene rings is 1. The van der Waals surface area contributed by atoms with Crippen LogP contribution < -0.4 is 0 Å². The third-order valence-corrected chi connectivity index (χ3v) is 3.05. The molecule has 0 aliphatic carbocycles. The van der Waals surface area contributed by atoms with Gasteiger partial charge in [-0.3, -0.25) is 14.9 Å². The molecule has 0 aliphatic rings. The zero-order chi connectivity index (χ0) is 15.2. The van der Waals surface area contributed by atoms with E-state index < -0.39 is 16.3 Å². The Morgan fingerprint density at radius 2 is 1.95 bits per heavy atom. The average Bonchev–Trinajstić information content (AvgIpc) is 2.44. The van der Waals surface area contributed by atoms with Crippen molar-refractivity contribution in [3.05, 3.63) is 65.3 Å². The third kappa shape index (κ3) is 3.32. The van der Waals surface area contributed by atoms with Gasteiger partial charge in [0.15, 0.2) is 0 Å². The van der Waals surface area contributed by atoms with Gasteiger partial charge in [-0.05, 0) is 18.9 Å². The normalized spacial score (nSPS) is 13.1. The molecule has 106 valence electrons. The maximum absolute atomic E-state index is 12.2. The van der Waals surface area contributed by atoms with Crippen LogP contribution >= 0.6 is 0 Å². The van der Waals surface area contributed by atoms with Crippen LogP contribution in [0.5, 0.6) is 0 Å². The van der Waals surface area contributed by atoms with E-state index in [0.717, 1.165) is 0 Å². The molecule has 5 nitrogen and oxygen atoms in total. The minimum absolute atomic E-state index is 0.0193. The number of rotatable bonds is 7. The molecule has 0 spiro atoms. The average molecular weight is 275 g/mol. The first-order valence-electron chi connectivity index (χ1n) is 6.09. The standard InChI is InChI=1S/C15H17NO4/c1-4-10-15(3,14(17)20-11-5-2)12-6-8-13(9-7-12)16(18)19/h4-9H,1-2,10-11H2,3H3. The summed E-state index contributed by atoms with van der Waals surface area (Å²) in [7, 11) is 0. The lowest BCUT2D eigenvalue weighted by Crippen LogP contribution is -2.34. The molecule has 0 saturated carbocycles. The summed E-state index contributed by atoms with van der Waals surface area (Å²) in [5.74, 6) is -0.411. The van der Waals surface area contributed by atoms with Crippen molar-refractivity contribution in [2.75, 3.05) is 6.61 Å². The Morgan fingerprint density at radius 1 is 1.35 bits per heavy atom. The van der Waals surface area contributed by atoms with Crippen LogP contribution in [0.3, 0.4) is 0 Å². The molecule has 0 bridgehead atoms. The van der Waals surface area contributed by atoms with Crippen molar-refractivity contribution in [2.45, 2.75) is 18.8 Å². The molecule has 5 heteroatoms. The van der Waals surface area contributed by atoms with Crippen molar-refractivity contribution in [1.29, 1.82) is 0 Å². The van der Waals surface area contributed by atoms with E-state index in [1.54, 1.807) is 25.1 Å². The molecule has 0 heterocycles.